The highest BCUT2D eigenvalue weighted by Crippen LogP contribution is 2.31. The molecule has 2 aromatic carbocycles. The predicted molar refractivity (Wildman–Crippen MR) is 137 cm³/mol. The van der Waals surface area contributed by atoms with E-state index in [1.807, 2.05) is 17.0 Å². The third-order valence-electron chi connectivity index (χ3n) is 5.54. The van der Waals surface area contributed by atoms with Crippen LogP contribution in [0, 0.1) is 6.92 Å². The lowest BCUT2D eigenvalue weighted by Crippen LogP contribution is -2.38. The average Bonchev–Trinajstić information content (AvgIpc) is 3.25. The number of carbonyl (C=O) groups is 1. The van der Waals surface area contributed by atoms with Crippen LogP contribution < -0.4 is 9.64 Å². The molecule has 3 aromatic rings. The SMILES string of the molecule is CCN(CC)CCN(C(=O)CCCSc1ccc(OC)cc1)c1nc2c(C)cccc2s1. The van der Waals surface area contributed by atoms with Crippen molar-refractivity contribution in [2.45, 2.75) is 38.5 Å². The summed E-state index contributed by atoms with van der Waals surface area (Å²) in [7, 11) is 1.67. The molecule has 3 rings (SSSR count). The molecule has 172 valence electrons. The van der Waals surface area contributed by atoms with Gasteiger partial charge in [0.25, 0.3) is 0 Å². The zero-order valence-electron chi connectivity index (χ0n) is 19.5. The van der Waals surface area contributed by atoms with Gasteiger partial charge in [-0.3, -0.25) is 9.69 Å². The number of aromatic nitrogens is 1. The number of methoxy groups -OCH3 is 1. The summed E-state index contributed by atoms with van der Waals surface area (Å²) in [6.07, 6.45) is 1.36. The summed E-state index contributed by atoms with van der Waals surface area (Å²) in [5.41, 5.74) is 2.15. The van der Waals surface area contributed by atoms with E-state index in [9.17, 15) is 4.79 Å². The number of fused-ring (bicyclic) bond motifs is 1. The minimum Gasteiger partial charge on any atom is -0.497 e. The Kier molecular flexibility index (Phi) is 9.38. The number of hydrogen-bond acceptors (Lipinski definition) is 6. The van der Waals surface area contributed by atoms with Crippen molar-refractivity contribution in [2.24, 2.45) is 0 Å². The maximum atomic E-state index is 13.2. The maximum Gasteiger partial charge on any atom is 0.228 e. The molecule has 0 saturated heterocycles. The molecule has 0 bridgehead atoms. The van der Waals surface area contributed by atoms with Crippen LogP contribution in [0.15, 0.2) is 47.4 Å². The number of nitrogens with zero attached hydrogens (tertiary/aromatic N) is 3. The molecule has 1 heterocycles. The first-order chi connectivity index (χ1) is 15.5. The van der Waals surface area contributed by atoms with Crippen molar-refractivity contribution in [2.75, 3.05) is 43.9 Å². The van der Waals surface area contributed by atoms with Crippen molar-refractivity contribution in [1.82, 2.24) is 9.88 Å². The minimum atomic E-state index is 0.157. The standard InChI is InChI=1S/C25H33N3O2S2/c1-5-27(6-2)16-17-28(25-26-24-19(3)9-7-10-22(24)32-25)23(29)11-8-18-31-21-14-12-20(30-4)13-15-21/h7,9-10,12-15H,5-6,8,11,16-18H2,1-4H3. The molecule has 0 unspecified atom stereocenters. The lowest BCUT2D eigenvalue weighted by atomic mass is 10.2. The number of para-hydroxylation sites is 1. The number of anilines is 1. The van der Waals surface area contributed by atoms with E-state index in [1.54, 1.807) is 30.2 Å². The third kappa shape index (κ3) is 6.47. The summed E-state index contributed by atoms with van der Waals surface area (Å²) < 4.78 is 6.35. The number of aryl methyl sites for hydroxylation is 1. The van der Waals surface area contributed by atoms with Gasteiger partial charge in [-0.05, 0) is 68.1 Å². The number of thioether (sulfide) groups is 1. The number of ether oxygens (including phenoxy) is 1. The van der Waals surface area contributed by atoms with Crippen molar-refractivity contribution in [1.29, 1.82) is 0 Å². The second-order valence-electron chi connectivity index (χ2n) is 7.62. The van der Waals surface area contributed by atoms with Gasteiger partial charge in [0.2, 0.25) is 5.91 Å². The summed E-state index contributed by atoms with van der Waals surface area (Å²) in [4.78, 5) is 23.5. The van der Waals surface area contributed by atoms with Gasteiger partial charge in [-0.2, -0.15) is 0 Å². The highest BCUT2D eigenvalue weighted by atomic mass is 32.2. The lowest BCUT2D eigenvalue weighted by Gasteiger charge is -2.24. The summed E-state index contributed by atoms with van der Waals surface area (Å²) in [5.74, 6) is 1.92. The Morgan fingerprint density at radius 1 is 1.09 bits per heavy atom. The number of thiazole rings is 1. The number of rotatable bonds is 12. The molecule has 0 radical (unpaired) electrons. The lowest BCUT2D eigenvalue weighted by molar-refractivity contribution is -0.118. The van der Waals surface area contributed by atoms with E-state index >= 15 is 0 Å². The molecule has 5 nitrogen and oxygen atoms in total. The molecule has 0 saturated carbocycles. The van der Waals surface area contributed by atoms with Crippen LogP contribution in [0.3, 0.4) is 0 Å². The summed E-state index contributed by atoms with van der Waals surface area (Å²) in [5, 5.41) is 0.814. The highest BCUT2D eigenvalue weighted by molar-refractivity contribution is 7.99. The topological polar surface area (TPSA) is 45.7 Å². The molecule has 7 heteroatoms. The number of amides is 1. The monoisotopic (exact) mass is 471 g/mol. The first-order valence-corrected chi connectivity index (χ1v) is 13.0. The van der Waals surface area contributed by atoms with E-state index in [4.69, 9.17) is 9.72 Å². The predicted octanol–water partition coefficient (Wildman–Crippen LogP) is 5.86. The summed E-state index contributed by atoms with van der Waals surface area (Å²) in [6.45, 7) is 9.88. The van der Waals surface area contributed by atoms with E-state index in [-0.39, 0.29) is 5.91 Å². The van der Waals surface area contributed by atoms with Gasteiger partial charge < -0.3 is 9.64 Å². The van der Waals surface area contributed by atoms with Crippen LogP contribution in [0.2, 0.25) is 0 Å². The van der Waals surface area contributed by atoms with Gasteiger partial charge in [0, 0.05) is 24.4 Å². The molecule has 0 aliphatic rings. The Morgan fingerprint density at radius 2 is 1.84 bits per heavy atom. The van der Waals surface area contributed by atoms with Crippen LogP contribution in [0.1, 0.15) is 32.3 Å². The zero-order chi connectivity index (χ0) is 22.9. The van der Waals surface area contributed by atoms with Gasteiger partial charge in [-0.15, -0.1) is 11.8 Å². The molecule has 0 N–H and O–H groups in total. The van der Waals surface area contributed by atoms with Gasteiger partial charge in [0.1, 0.15) is 5.75 Å². The molecule has 0 aliphatic heterocycles. The number of carbonyl (C=O) groups excluding carboxylic acids is 1. The van der Waals surface area contributed by atoms with Crippen molar-refractivity contribution < 1.29 is 9.53 Å². The molecule has 1 amide bonds. The molecular formula is C25H33N3O2S2. The molecule has 0 spiro atoms. The van der Waals surface area contributed by atoms with Crippen LogP contribution >= 0.6 is 23.1 Å². The fourth-order valence-corrected chi connectivity index (χ4v) is 5.46. The van der Waals surface area contributed by atoms with Crippen molar-refractivity contribution in [3.8, 4) is 5.75 Å². The van der Waals surface area contributed by atoms with Gasteiger partial charge in [-0.25, -0.2) is 4.98 Å². The average molecular weight is 472 g/mol. The Morgan fingerprint density at radius 3 is 2.50 bits per heavy atom. The molecule has 0 fully saturated rings. The number of hydrogen-bond donors (Lipinski definition) is 0. The fourth-order valence-electron chi connectivity index (χ4n) is 3.52. The minimum absolute atomic E-state index is 0.157. The maximum absolute atomic E-state index is 13.2. The third-order valence-corrected chi connectivity index (χ3v) is 7.68. The van der Waals surface area contributed by atoms with Gasteiger partial charge in [0.05, 0.1) is 17.3 Å². The Hall–Kier alpha value is -2.09. The summed E-state index contributed by atoms with van der Waals surface area (Å²) >= 11 is 3.39. The Balaban J connectivity index is 1.64. The van der Waals surface area contributed by atoms with E-state index in [1.165, 1.54) is 4.90 Å². The second kappa shape index (κ2) is 12.2. The molecule has 32 heavy (non-hydrogen) atoms. The number of benzene rings is 2. The van der Waals surface area contributed by atoms with Crippen LogP contribution in [0.25, 0.3) is 10.2 Å². The number of likely N-dealkylation sites (N-methyl/N-ethyl adjacent to an activating group) is 1. The van der Waals surface area contributed by atoms with E-state index in [0.29, 0.717) is 13.0 Å². The first kappa shape index (κ1) is 24.6. The van der Waals surface area contributed by atoms with E-state index in [2.05, 4.69) is 56.0 Å². The van der Waals surface area contributed by atoms with E-state index < -0.39 is 0 Å². The smallest absolute Gasteiger partial charge is 0.228 e. The van der Waals surface area contributed by atoms with E-state index in [0.717, 1.165) is 58.5 Å². The molecular weight excluding hydrogens is 438 g/mol. The highest BCUT2D eigenvalue weighted by Gasteiger charge is 2.20. The Labute approximate surface area is 199 Å². The molecule has 1 aromatic heterocycles. The summed E-state index contributed by atoms with van der Waals surface area (Å²) in [6, 6.07) is 14.3. The first-order valence-electron chi connectivity index (χ1n) is 11.2. The molecule has 0 atom stereocenters. The van der Waals surface area contributed by atoms with Crippen molar-refractivity contribution in [3.63, 3.8) is 0 Å². The Bertz CT molecular complexity index is 1000. The second-order valence-corrected chi connectivity index (χ2v) is 9.80. The van der Waals surface area contributed by atoms with Crippen molar-refractivity contribution >= 4 is 44.4 Å². The zero-order valence-corrected chi connectivity index (χ0v) is 21.1. The quantitative estimate of drug-likeness (QED) is 0.244. The fraction of sp³-hybridized carbons (Fsp3) is 0.440. The molecule has 0 aliphatic carbocycles. The van der Waals surface area contributed by atoms with Crippen LogP contribution in [-0.4, -0.2) is 54.8 Å². The van der Waals surface area contributed by atoms with Crippen LogP contribution in [0.4, 0.5) is 5.13 Å². The van der Waals surface area contributed by atoms with Gasteiger partial charge >= 0.3 is 0 Å². The van der Waals surface area contributed by atoms with Crippen LogP contribution in [-0.2, 0) is 4.79 Å². The van der Waals surface area contributed by atoms with Crippen LogP contribution in [0.5, 0.6) is 5.75 Å². The van der Waals surface area contributed by atoms with Gasteiger partial charge in [0.15, 0.2) is 5.13 Å². The van der Waals surface area contributed by atoms with Crippen molar-refractivity contribution in [3.05, 3.63) is 48.0 Å². The normalized spacial score (nSPS) is 11.3. The largest absolute Gasteiger partial charge is 0.497 e. The van der Waals surface area contributed by atoms with Gasteiger partial charge in [-0.1, -0.05) is 37.3 Å².